The molecule has 2 aliphatic rings. The normalized spacial score (nSPS) is 16.0. The van der Waals surface area contributed by atoms with Crippen molar-refractivity contribution in [3.63, 3.8) is 0 Å². The van der Waals surface area contributed by atoms with Gasteiger partial charge in [-0.25, -0.2) is 33.7 Å². The number of rotatable bonds is 26. The molecule has 0 saturated carbocycles. The van der Waals surface area contributed by atoms with E-state index in [4.69, 9.17) is 9.47 Å². The van der Waals surface area contributed by atoms with Crippen LogP contribution >= 0.6 is 0 Å². The first-order valence-corrected chi connectivity index (χ1v) is 29.9. The predicted octanol–water partition coefficient (Wildman–Crippen LogP) is -1.21. The number of benzene rings is 4. The van der Waals surface area contributed by atoms with Gasteiger partial charge in [0.1, 0.15) is 18.0 Å². The molecular weight excluding hydrogens is 1060 g/mol. The molecule has 23 heteroatoms. The van der Waals surface area contributed by atoms with Crippen LogP contribution in [0.4, 0.5) is 11.4 Å². The van der Waals surface area contributed by atoms with Crippen LogP contribution in [-0.2, 0) is 51.3 Å². The molecule has 0 radical (unpaired) electrons. The Hall–Kier alpha value is -1.93. The molecule has 0 spiro atoms. The van der Waals surface area contributed by atoms with Crippen LogP contribution in [0.2, 0.25) is 0 Å². The number of hydrogen-bond donors (Lipinski definition) is 0. The van der Waals surface area contributed by atoms with Crippen LogP contribution in [0.3, 0.4) is 0 Å². The molecule has 6 rings (SSSR count). The minimum absolute atomic E-state index is 0. The van der Waals surface area contributed by atoms with E-state index in [2.05, 4.69) is 37.2 Å². The molecule has 0 amide bonds. The molecule has 16 nitrogen and oxygen atoms in total. The molecule has 386 valence electrons. The van der Waals surface area contributed by atoms with E-state index in [-0.39, 0.29) is 128 Å². The predicted molar refractivity (Wildman–Crippen MR) is 273 cm³/mol. The van der Waals surface area contributed by atoms with E-state index in [0.29, 0.717) is 50.3 Å². The monoisotopic (exact) mass is 1120 g/mol. The quantitative estimate of drug-likeness (QED) is 0.0235. The fourth-order valence-electron chi connectivity index (χ4n) is 9.51. The molecule has 0 aliphatic carbocycles. The number of anilines is 1. The van der Waals surface area contributed by atoms with Gasteiger partial charge in [0.05, 0.1) is 59.1 Å². The number of unbranched alkanes of at least 4 members (excludes halogenated alkanes) is 4. The van der Waals surface area contributed by atoms with Crippen molar-refractivity contribution in [2.45, 2.75) is 89.9 Å². The maximum atomic E-state index is 11.4. The minimum Gasteiger partial charge on any atom is -0.748 e. The third kappa shape index (κ3) is 18.6. The van der Waals surface area contributed by atoms with Crippen molar-refractivity contribution in [1.82, 2.24) is 0 Å². The van der Waals surface area contributed by atoms with E-state index in [1.54, 1.807) is 0 Å². The smallest absolute Gasteiger partial charge is 0.748 e. The van der Waals surface area contributed by atoms with E-state index in [1.807, 2.05) is 103 Å². The van der Waals surface area contributed by atoms with Crippen LogP contribution in [0.15, 0.2) is 109 Å². The van der Waals surface area contributed by atoms with Crippen LogP contribution in [0, 0.1) is 0 Å². The van der Waals surface area contributed by atoms with E-state index >= 15 is 0 Å². The SMILES string of the molecule is CC1(C)C(/C=C/C=C/C=C/C=C2/N(CCCCS(=O)(=O)[O-])c3ccc4ccc(OCCCCS(=O)(=O)[O-])cc4c3C2(C)C)=[N+](CCCCS(=O)(=O)[O-])c2ccc3ccc(OCCCCS(=O)(=O)[O-])cc3c21.[Na+].[Na+].[Na+]. The summed E-state index contributed by atoms with van der Waals surface area (Å²) in [6, 6.07) is 19.6. The van der Waals surface area contributed by atoms with Crippen molar-refractivity contribution < 1.29 is 155 Å². The third-order valence-electron chi connectivity index (χ3n) is 12.8. The summed E-state index contributed by atoms with van der Waals surface area (Å²) in [5, 5.41) is 3.84. The average molecular weight is 1120 g/mol. The van der Waals surface area contributed by atoms with Gasteiger partial charge >= 0.3 is 88.7 Å². The molecule has 0 N–H and O–H groups in total. The van der Waals surface area contributed by atoms with Gasteiger partial charge in [0.15, 0.2) is 5.71 Å². The van der Waals surface area contributed by atoms with Gasteiger partial charge in [0.25, 0.3) is 0 Å². The van der Waals surface area contributed by atoms with Crippen molar-refractivity contribution in [2.75, 3.05) is 54.2 Å². The van der Waals surface area contributed by atoms with Gasteiger partial charge in [-0.2, -0.15) is 4.58 Å². The summed E-state index contributed by atoms with van der Waals surface area (Å²) < 4.78 is 149. The Bertz CT molecular complexity index is 3250. The maximum Gasteiger partial charge on any atom is 1.00 e. The van der Waals surface area contributed by atoms with E-state index in [0.717, 1.165) is 55.5 Å². The van der Waals surface area contributed by atoms with Crippen LogP contribution in [0.1, 0.15) is 90.2 Å². The minimum atomic E-state index is -4.38. The van der Waals surface area contributed by atoms with Crippen LogP contribution in [0.5, 0.6) is 11.5 Å². The topological polar surface area (TPSA) is 254 Å². The van der Waals surface area contributed by atoms with E-state index < -0.39 is 74.3 Å². The molecule has 0 unspecified atom stereocenters. The average Bonchev–Trinajstić information content (AvgIpc) is 3.62. The maximum absolute atomic E-state index is 11.4. The van der Waals surface area contributed by atoms with Crippen LogP contribution < -0.4 is 103 Å². The Labute approximate surface area is 503 Å². The second-order valence-corrected chi connectivity index (χ2v) is 25.0. The Balaban J connectivity index is 0.00000481. The van der Waals surface area contributed by atoms with Crippen molar-refractivity contribution in [3.05, 3.63) is 120 Å². The summed E-state index contributed by atoms with van der Waals surface area (Å²) in [5.41, 5.74) is 4.75. The molecule has 2 aliphatic heterocycles. The van der Waals surface area contributed by atoms with Gasteiger partial charge in [-0.15, -0.1) is 0 Å². The number of fused-ring (bicyclic) bond motifs is 6. The fraction of sp³-hybridized carbons (Fsp3) is 0.431. The van der Waals surface area contributed by atoms with Crippen LogP contribution in [-0.4, -0.2) is 111 Å². The first-order valence-electron chi connectivity index (χ1n) is 23.5. The summed E-state index contributed by atoms with van der Waals surface area (Å²) in [4.78, 5) is 2.15. The van der Waals surface area contributed by atoms with E-state index in [1.165, 1.54) is 0 Å². The molecule has 0 saturated heterocycles. The van der Waals surface area contributed by atoms with Gasteiger partial charge < -0.3 is 32.6 Å². The zero-order chi connectivity index (χ0) is 51.8. The number of allylic oxidation sites excluding steroid dienone is 8. The van der Waals surface area contributed by atoms with Gasteiger partial charge in [-0.1, -0.05) is 62.4 Å². The first kappa shape index (κ1) is 66.4. The summed E-state index contributed by atoms with van der Waals surface area (Å²) in [6.07, 6.45) is 16.0. The summed E-state index contributed by atoms with van der Waals surface area (Å²) in [5.74, 6) is -0.651. The molecule has 4 aromatic carbocycles. The summed E-state index contributed by atoms with van der Waals surface area (Å²) in [7, 11) is -17.4. The van der Waals surface area contributed by atoms with Gasteiger partial charge in [0.2, 0.25) is 5.69 Å². The van der Waals surface area contributed by atoms with E-state index in [9.17, 15) is 51.9 Å². The number of ether oxygens (including phenoxy) is 2. The standard InChI is InChI=1S/C51H64N2O14S4.3Na/c1-50(2)46(52(28-10-14-32-68(54,55)56)44-26-22-38-20-24-40(36-42(38)48(44)50)66-30-12-16-34-70(60,61)62)18-8-6-5-7-9-19-47-51(3,4)49-43-37-41(67-31-13-17-35-71(63,64)65)25-21-39(43)23-27-45(49)53(47)29-11-15-33-69(57,58)59;;;/h5-9,18-27,36-37H,10-17,28-35H2,1-4H3,(H3-,54,55,56,57,58,59,60,61,62,63,64,65);;;/q;3*+1/p-3. The van der Waals surface area contributed by atoms with Crippen molar-refractivity contribution in [3.8, 4) is 11.5 Å². The van der Waals surface area contributed by atoms with Gasteiger partial charge in [-0.05, 0) is 128 Å². The molecule has 2 heterocycles. The van der Waals surface area contributed by atoms with Crippen molar-refractivity contribution in [2.24, 2.45) is 0 Å². The largest absolute Gasteiger partial charge is 1.00 e. The van der Waals surface area contributed by atoms with Crippen molar-refractivity contribution in [1.29, 1.82) is 0 Å². The number of nitrogens with zero attached hydrogens (tertiary/aromatic N) is 2. The fourth-order valence-corrected chi connectivity index (χ4v) is 11.7. The summed E-state index contributed by atoms with van der Waals surface area (Å²) in [6.45, 7) is 9.81. The molecule has 0 bridgehead atoms. The first-order chi connectivity index (χ1) is 33.3. The third-order valence-corrected chi connectivity index (χ3v) is 15.9. The molecule has 0 fully saturated rings. The molecule has 74 heavy (non-hydrogen) atoms. The van der Waals surface area contributed by atoms with Crippen LogP contribution in [0.25, 0.3) is 21.5 Å². The number of hydrogen-bond acceptors (Lipinski definition) is 15. The Kier molecular flexibility index (Phi) is 25.4. The molecule has 4 aromatic rings. The zero-order valence-electron chi connectivity index (χ0n) is 43.4. The summed E-state index contributed by atoms with van der Waals surface area (Å²) >= 11 is 0. The van der Waals surface area contributed by atoms with Gasteiger partial charge in [0, 0.05) is 70.5 Å². The zero-order valence-corrected chi connectivity index (χ0v) is 52.6. The second-order valence-electron chi connectivity index (χ2n) is 18.9. The van der Waals surface area contributed by atoms with Gasteiger partial charge in [-0.3, -0.25) is 0 Å². The second kappa shape index (κ2) is 28.3. The molecular formula is C51H61N2Na3O14S4. The molecule has 0 aromatic heterocycles. The Morgan fingerprint density at radius 1 is 0.527 bits per heavy atom. The Morgan fingerprint density at radius 3 is 1.50 bits per heavy atom. The molecule has 0 atom stereocenters. The Morgan fingerprint density at radius 2 is 0.973 bits per heavy atom. The van der Waals surface area contributed by atoms with Crippen molar-refractivity contribution >= 4 is 79.1 Å².